The van der Waals surface area contributed by atoms with Gasteiger partial charge in [-0.05, 0) is 25.1 Å². The van der Waals surface area contributed by atoms with Gasteiger partial charge in [-0.2, -0.15) is 0 Å². The van der Waals surface area contributed by atoms with Crippen LogP contribution >= 0.6 is 0 Å². The summed E-state index contributed by atoms with van der Waals surface area (Å²) < 4.78 is 16.4. The first-order chi connectivity index (χ1) is 14.7. The van der Waals surface area contributed by atoms with Gasteiger partial charge in [-0.15, -0.1) is 0 Å². The third-order valence-corrected chi connectivity index (χ3v) is 5.09. The summed E-state index contributed by atoms with van der Waals surface area (Å²) in [7, 11) is 0. The van der Waals surface area contributed by atoms with Gasteiger partial charge in [-0.25, -0.2) is 0 Å². The molecule has 164 valence electrons. The molecule has 10 nitrogen and oxygen atoms in total. The number of aliphatic hydroxyl groups is 3. The van der Waals surface area contributed by atoms with E-state index in [0.717, 1.165) is 12.1 Å². The van der Waals surface area contributed by atoms with Crippen molar-refractivity contribution in [3.05, 3.63) is 46.6 Å². The molecule has 3 aromatic rings. The highest BCUT2D eigenvalue weighted by Gasteiger charge is 2.43. The van der Waals surface area contributed by atoms with Crippen LogP contribution in [-0.4, -0.2) is 61.3 Å². The van der Waals surface area contributed by atoms with Crippen molar-refractivity contribution in [1.29, 1.82) is 0 Å². The molecule has 4 rings (SSSR count). The zero-order valence-corrected chi connectivity index (χ0v) is 16.2. The van der Waals surface area contributed by atoms with Crippen molar-refractivity contribution < 1.29 is 44.5 Å². The minimum absolute atomic E-state index is 0.0416. The maximum absolute atomic E-state index is 12.4. The fourth-order valence-corrected chi connectivity index (χ4v) is 3.40. The molecule has 1 aliphatic heterocycles. The number of hydrogen-bond acceptors (Lipinski definition) is 10. The van der Waals surface area contributed by atoms with Crippen LogP contribution in [0.25, 0.3) is 22.3 Å². The second-order valence-corrected chi connectivity index (χ2v) is 7.29. The van der Waals surface area contributed by atoms with Crippen LogP contribution in [0.3, 0.4) is 0 Å². The van der Waals surface area contributed by atoms with Crippen molar-refractivity contribution in [3.8, 4) is 34.3 Å². The normalized spacial score (nSPS) is 26.1. The van der Waals surface area contributed by atoms with Crippen LogP contribution in [-0.2, 0) is 4.74 Å². The summed E-state index contributed by atoms with van der Waals surface area (Å²) >= 11 is 0. The Morgan fingerprint density at radius 2 is 1.65 bits per heavy atom. The van der Waals surface area contributed by atoms with Crippen molar-refractivity contribution in [3.63, 3.8) is 0 Å². The largest absolute Gasteiger partial charge is 0.508 e. The van der Waals surface area contributed by atoms with Crippen molar-refractivity contribution in [2.75, 3.05) is 0 Å². The minimum atomic E-state index is -1.55. The lowest BCUT2D eigenvalue weighted by molar-refractivity contribution is -0.268. The molecule has 1 fully saturated rings. The summed E-state index contributed by atoms with van der Waals surface area (Å²) in [5, 5.41) is 59.4. The summed E-state index contributed by atoms with van der Waals surface area (Å²) in [5.74, 6) is -1.10. The van der Waals surface area contributed by atoms with E-state index in [-0.39, 0.29) is 34.0 Å². The molecule has 1 aliphatic rings. The maximum atomic E-state index is 12.4. The highest BCUT2D eigenvalue weighted by Crippen LogP contribution is 2.35. The lowest BCUT2D eigenvalue weighted by Gasteiger charge is -2.38. The van der Waals surface area contributed by atoms with E-state index in [1.165, 1.54) is 31.2 Å². The van der Waals surface area contributed by atoms with Gasteiger partial charge in [0.05, 0.1) is 6.10 Å². The Balaban J connectivity index is 1.64. The Hall–Kier alpha value is -3.31. The second kappa shape index (κ2) is 7.75. The van der Waals surface area contributed by atoms with Gasteiger partial charge >= 0.3 is 0 Å². The lowest BCUT2D eigenvalue weighted by Crippen LogP contribution is -2.58. The molecule has 31 heavy (non-hydrogen) atoms. The molecule has 1 aromatic heterocycles. The maximum Gasteiger partial charge on any atom is 0.229 e. The minimum Gasteiger partial charge on any atom is -0.508 e. The quantitative estimate of drug-likeness (QED) is 0.348. The molecule has 2 aromatic carbocycles. The Labute approximate surface area is 174 Å². The molecule has 10 heteroatoms. The topological polar surface area (TPSA) is 170 Å². The standard InChI is InChI=1S/C21H20O10/c1-8-18(26)19(27)20(28)21(29-8)31-14-3-2-9(4-11(14)23)15-7-13(25)17-12(24)5-10(22)6-16(17)30-15/h2-8,18-24,26-28H,1H3. The molecule has 0 bridgehead atoms. The number of phenols is 3. The SMILES string of the molecule is CC1OC(Oc2ccc(-c3cc(=O)c4c(O)cc(O)cc4o3)cc2O)C(O)C(O)C1O. The number of benzene rings is 2. The molecule has 1 saturated heterocycles. The molecule has 5 unspecified atom stereocenters. The predicted octanol–water partition coefficient (Wildman–Crippen LogP) is 0.783. The Bertz CT molecular complexity index is 1190. The van der Waals surface area contributed by atoms with Crippen molar-refractivity contribution in [1.82, 2.24) is 0 Å². The highest BCUT2D eigenvalue weighted by atomic mass is 16.7. The summed E-state index contributed by atoms with van der Waals surface area (Å²) in [6, 6.07) is 7.38. The molecule has 0 radical (unpaired) electrons. The van der Waals surface area contributed by atoms with E-state index in [1.54, 1.807) is 0 Å². The molecule has 2 heterocycles. The number of phenolic OH excluding ortho intramolecular Hbond substituents is 3. The number of rotatable bonds is 3. The number of aliphatic hydroxyl groups excluding tert-OH is 3. The first-order valence-corrected chi connectivity index (χ1v) is 9.35. The zero-order valence-electron chi connectivity index (χ0n) is 16.2. The molecule has 6 N–H and O–H groups in total. The van der Waals surface area contributed by atoms with Gasteiger partial charge in [-0.3, -0.25) is 4.79 Å². The van der Waals surface area contributed by atoms with E-state index in [4.69, 9.17) is 13.9 Å². The van der Waals surface area contributed by atoms with E-state index in [2.05, 4.69) is 0 Å². The van der Waals surface area contributed by atoms with Crippen LogP contribution < -0.4 is 10.2 Å². The fourth-order valence-electron chi connectivity index (χ4n) is 3.40. The average Bonchev–Trinajstić information content (AvgIpc) is 2.70. The van der Waals surface area contributed by atoms with Crippen molar-refractivity contribution in [2.24, 2.45) is 0 Å². The van der Waals surface area contributed by atoms with Crippen LogP contribution in [0.1, 0.15) is 6.92 Å². The molecule has 0 aliphatic carbocycles. The van der Waals surface area contributed by atoms with E-state index in [1.807, 2.05) is 0 Å². The zero-order chi connectivity index (χ0) is 22.4. The van der Waals surface area contributed by atoms with Gasteiger partial charge in [-0.1, -0.05) is 0 Å². The van der Waals surface area contributed by atoms with E-state index in [9.17, 15) is 35.4 Å². The first kappa shape index (κ1) is 20.9. The molecule has 0 amide bonds. The van der Waals surface area contributed by atoms with E-state index < -0.39 is 41.9 Å². The average molecular weight is 432 g/mol. The van der Waals surface area contributed by atoms with E-state index in [0.29, 0.717) is 5.56 Å². The van der Waals surface area contributed by atoms with Gasteiger partial charge in [0.25, 0.3) is 0 Å². The highest BCUT2D eigenvalue weighted by molar-refractivity contribution is 5.86. The number of aromatic hydroxyl groups is 3. The molecule has 0 saturated carbocycles. The number of ether oxygens (including phenoxy) is 2. The van der Waals surface area contributed by atoms with Crippen LogP contribution in [0, 0.1) is 0 Å². The molecular formula is C21H20O10. The summed E-state index contributed by atoms with van der Waals surface area (Å²) in [4.78, 5) is 12.4. The van der Waals surface area contributed by atoms with Crippen molar-refractivity contribution >= 4 is 11.0 Å². The monoisotopic (exact) mass is 432 g/mol. The number of fused-ring (bicyclic) bond motifs is 1. The fraction of sp³-hybridized carbons (Fsp3) is 0.286. The summed E-state index contributed by atoms with van der Waals surface area (Å²) in [5.41, 5.74) is -0.297. The third-order valence-electron chi connectivity index (χ3n) is 5.09. The Morgan fingerprint density at radius 3 is 2.35 bits per heavy atom. The predicted molar refractivity (Wildman–Crippen MR) is 106 cm³/mol. The third kappa shape index (κ3) is 3.77. The van der Waals surface area contributed by atoms with Gasteiger partial charge in [0.15, 0.2) is 16.9 Å². The van der Waals surface area contributed by atoms with Crippen molar-refractivity contribution in [2.45, 2.75) is 37.6 Å². The van der Waals surface area contributed by atoms with Crippen LogP contribution in [0.2, 0.25) is 0 Å². The van der Waals surface area contributed by atoms with Gasteiger partial charge in [0.1, 0.15) is 46.5 Å². The molecule has 0 spiro atoms. The molecule has 5 atom stereocenters. The Morgan fingerprint density at radius 1 is 0.903 bits per heavy atom. The van der Waals surface area contributed by atoms with Crippen LogP contribution in [0.4, 0.5) is 0 Å². The van der Waals surface area contributed by atoms with E-state index >= 15 is 0 Å². The van der Waals surface area contributed by atoms with Crippen LogP contribution in [0.5, 0.6) is 23.0 Å². The smallest absolute Gasteiger partial charge is 0.229 e. The summed E-state index contributed by atoms with van der Waals surface area (Å²) in [6.45, 7) is 1.50. The number of hydrogen-bond donors (Lipinski definition) is 6. The first-order valence-electron chi connectivity index (χ1n) is 9.35. The van der Waals surface area contributed by atoms with Crippen LogP contribution in [0.15, 0.2) is 45.6 Å². The van der Waals surface area contributed by atoms with Gasteiger partial charge in [0, 0.05) is 23.8 Å². The Kier molecular flexibility index (Phi) is 5.23. The second-order valence-electron chi connectivity index (χ2n) is 7.29. The summed E-state index contributed by atoms with van der Waals surface area (Å²) in [6.07, 6.45) is -6.49. The lowest BCUT2D eigenvalue weighted by atomic mass is 10.00. The van der Waals surface area contributed by atoms with Gasteiger partial charge < -0.3 is 44.5 Å². The van der Waals surface area contributed by atoms with Gasteiger partial charge in [0.2, 0.25) is 6.29 Å². The molecular weight excluding hydrogens is 412 g/mol.